The number of amides is 1. The predicted octanol–water partition coefficient (Wildman–Crippen LogP) is 7.09. The first-order valence-electron chi connectivity index (χ1n) is 19.0. The quantitative estimate of drug-likeness (QED) is 0.0848. The topological polar surface area (TPSA) is 133 Å². The van der Waals surface area contributed by atoms with Crippen LogP contribution in [0.15, 0.2) is 11.6 Å². The molecule has 0 saturated heterocycles. The maximum Gasteiger partial charge on any atom is 0.323 e. The molecule has 0 spiro atoms. The smallest absolute Gasteiger partial charge is 0.323 e. The van der Waals surface area contributed by atoms with Gasteiger partial charge < -0.3 is 20.3 Å². The molecule has 9 heteroatoms. The Balaban J connectivity index is 1.42. The lowest BCUT2D eigenvalue weighted by atomic mass is 9.47. The third kappa shape index (κ3) is 9.02. The average Bonchev–Trinajstić information content (AvgIpc) is 3.35. The highest BCUT2D eigenvalue weighted by Gasteiger charge is 2.59. The molecule has 4 aliphatic rings. The zero-order valence-electron chi connectivity index (χ0n) is 30.6. The third-order valence-corrected chi connectivity index (χ3v) is 13.2. The Morgan fingerprint density at radius 2 is 1.62 bits per heavy atom. The Bertz CT molecular complexity index is 1170. The average molecular weight is 673 g/mol. The predicted molar refractivity (Wildman–Crippen MR) is 186 cm³/mol. The van der Waals surface area contributed by atoms with Crippen LogP contribution in [0.5, 0.6) is 0 Å². The monoisotopic (exact) mass is 672 g/mol. The van der Waals surface area contributed by atoms with Crippen LogP contribution in [-0.4, -0.2) is 70.7 Å². The van der Waals surface area contributed by atoms with Crippen molar-refractivity contribution in [2.24, 2.45) is 46.3 Å². The Morgan fingerprint density at radius 3 is 2.27 bits per heavy atom. The van der Waals surface area contributed by atoms with E-state index in [0.717, 1.165) is 42.9 Å². The molecule has 0 heterocycles. The fourth-order valence-corrected chi connectivity index (χ4v) is 10.8. The highest BCUT2D eigenvalue weighted by molar-refractivity contribution is 5.79. The molecule has 0 bridgehead atoms. The summed E-state index contributed by atoms with van der Waals surface area (Å²) in [6.45, 7) is 13.0. The summed E-state index contributed by atoms with van der Waals surface area (Å²) in [5, 5.41) is 21.7. The molecule has 9 atom stereocenters. The van der Waals surface area contributed by atoms with E-state index in [2.05, 4.69) is 46.0 Å². The summed E-state index contributed by atoms with van der Waals surface area (Å²) in [6.07, 6.45) is 16.4. The van der Waals surface area contributed by atoms with Crippen LogP contribution < -0.4 is 5.32 Å². The van der Waals surface area contributed by atoms with Crippen molar-refractivity contribution < 1.29 is 34.1 Å². The summed E-state index contributed by atoms with van der Waals surface area (Å²) in [6, 6.07) is -0.980. The Morgan fingerprint density at radius 1 is 0.917 bits per heavy atom. The minimum absolute atomic E-state index is 0.107. The molecule has 0 aliphatic heterocycles. The number of fused-ring (bicyclic) bond motifs is 5. The van der Waals surface area contributed by atoms with E-state index in [1.165, 1.54) is 62.3 Å². The van der Waals surface area contributed by atoms with Gasteiger partial charge in [0.05, 0.1) is 13.1 Å². The molecule has 272 valence electrons. The number of ether oxygens (including phenoxy) is 1. The van der Waals surface area contributed by atoms with Crippen LogP contribution in [0.25, 0.3) is 0 Å². The Kier molecular flexibility index (Phi) is 13.2. The number of carboxylic acid groups (broad SMARTS) is 2. The van der Waals surface area contributed by atoms with Crippen LogP contribution in [0.3, 0.4) is 0 Å². The molecule has 1 amide bonds. The van der Waals surface area contributed by atoms with Crippen LogP contribution in [-0.2, 0) is 23.9 Å². The first-order chi connectivity index (χ1) is 22.7. The van der Waals surface area contributed by atoms with E-state index < -0.39 is 37.0 Å². The molecule has 9 nitrogen and oxygen atoms in total. The molecule has 0 aromatic heterocycles. The number of allylic oxidation sites excluding steroid dienone is 1. The van der Waals surface area contributed by atoms with Crippen molar-refractivity contribution in [3.8, 4) is 0 Å². The van der Waals surface area contributed by atoms with Gasteiger partial charge in [0, 0.05) is 19.9 Å². The van der Waals surface area contributed by atoms with E-state index in [-0.39, 0.29) is 23.8 Å². The number of carboxylic acids is 2. The second kappa shape index (κ2) is 16.5. The number of unbranched alkanes of at least 4 members (excludes halogenated alkanes) is 1. The second-order valence-electron chi connectivity index (χ2n) is 16.8. The molecule has 0 aromatic carbocycles. The zero-order valence-corrected chi connectivity index (χ0v) is 30.6. The van der Waals surface area contributed by atoms with E-state index in [0.29, 0.717) is 43.1 Å². The van der Waals surface area contributed by atoms with Gasteiger partial charge in [-0.25, -0.2) is 0 Å². The van der Waals surface area contributed by atoms with Crippen molar-refractivity contribution in [1.82, 2.24) is 10.2 Å². The van der Waals surface area contributed by atoms with Gasteiger partial charge in [-0.3, -0.25) is 24.1 Å². The summed E-state index contributed by atoms with van der Waals surface area (Å²) >= 11 is 0. The van der Waals surface area contributed by atoms with Gasteiger partial charge in [0.2, 0.25) is 5.91 Å². The molecule has 0 radical (unpaired) electrons. The summed E-state index contributed by atoms with van der Waals surface area (Å²) < 4.78 is 6.12. The number of esters is 1. The first-order valence-corrected chi connectivity index (χ1v) is 19.0. The minimum atomic E-state index is -1.19. The lowest BCUT2D eigenvalue weighted by Gasteiger charge is -2.58. The van der Waals surface area contributed by atoms with E-state index in [4.69, 9.17) is 4.74 Å². The van der Waals surface area contributed by atoms with E-state index in [9.17, 15) is 29.4 Å². The number of nitrogens with zero attached hydrogens (tertiary/aromatic N) is 1. The first kappa shape index (κ1) is 38.4. The van der Waals surface area contributed by atoms with Gasteiger partial charge in [-0.2, -0.15) is 0 Å². The summed E-state index contributed by atoms with van der Waals surface area (Å²) in [5.74, 6) is 1.45. The number of hydrogen-bond donors (Lipinski definition) is 3. The van der Waals surface area contributed by atoms with Gasteiger partial charge >= 0.3 is 17.9 Å². The van der Waals surface area contributed by atoms with Gasteiger partial charge in [-0.1, -0.05) is 65.5 Å². The Labute approximate surface area is 289 Å². The molecule has 3 N–H and O–H groups in total. The maximum absolute atomic E-state index is 13.7. The minimum Gasteiger partial charge on any atom is -0.480 e. The molecular formula is C39H64N2O7. The van der Waals surface area contributed by atoms with E-state index >= 15 is 0 Å². The van der Waals surface area contributed by atoms with Crippen LogP contribution in [0, 0.1) is 46.3 Å². The lowest BCUT2D eigenvalue weighted by Crippen LogP contribution is -2.51. The van der Waals surface area contributed by atoms with Gasteiger partial charge in [0.25, 0.3) is 0 Å². The molecule has 3 unspecified atom stereocenters. The van der Waals surface area contributed by atoms with Crippen molar-refractivity contribution in [2.45, 2.75) is 144 Å². The van der Waals surface area contributed by atoms with Crippen LogP contribution in [0.4, 0.5) is 0 Å². The largest absolute Gasteiger partial charge is 0.480 e. The molecular weight excluding hydrogens is 608 g/mol. The molecule has 4 aliphatic carbocycles. The second-order valence-corrected chi connectivity index (χ2v) is 16.8. The van der Waals surface area contributed by atoms with Gasteiger partial charge in [0.15, 0.2) is 0 Å². The number of aliphatic carboxylic acids is 2. The molecule has 3 saturated carbocycles. The molecule has 4 rings (SSSR count). The summed E-state index contributed by atoms with van der Waals surface area (Å²) in [4.78, 5) is 49.4. The number of nitrogens with one attached hydrogen (secondary N) is 1. The molecule has 3 fully saturated rings. The SMILES string of the molecule is CC(=O)NCCCC[C@@H](C(=O)O[C@H]1CC[C@@]2(C)C(=CCC3C2CC[C@@]2(C)C3CC[C@@H]2[C@H](C)CCCC(C)C)C1)N(CC(=O)O)CC(=O)O. The van der Waals surface area contributed by atoms with Crippen LogP contribution in [0.2, 0.25) is 0 Å². The lowest BCUT2D eigenvalue weighted by molar-refractivity contribution is -0.160. The summed E-state index contributed by atoms with van der Waals surface area (Å²) in [5.41, 5.74) is 1.95. The van der Waals surface area contributed by atoms with Gasteiger partial charge in [-0.05, 0) is 111 Å². The Hall–Kier alpha value is -2.42. The molecule has 0 aromatic rings. The third-order valence-electron chi connectivity index (χ3n) is 13.2. The van der Waals surface area contributed by atoms with Crippen molar-refractivity contribution in [3.05, 3.63) is 11.6 Å². The van der Waals surface area contributed by atoms with E-state index in [1.54, 1.807) is 0 Å². The fraction of sp³-hybridized carbons (Fsp3) is 0.846. The normalized spacial score (nSPS) is 32.4. The van der Waals surface area contributed by atoms with Crippen LogP contribution in [0.1, 0.15) is 131 Å². The number of carbonyl (C=O) groups excluding carboxylic acids is 2. The zero-order chi connectivity index (χ0) is 35.2. The number of rotatable bonds is 17. The number of hydrogen-bond acceptors (Lipinski definition) is 6. The van der Waals surface area contributed by atoms with Crippen molar-refractivity contribution >= 4 is 23.8 Å². The van der Waals surface area contributed by atoms with Crippen molar-refractivity contribution in [1.29, 1.82) is 0 Å². The van der Waals surface area contributed by atoms with Crippen molar-refractivity contribution in [2.75, 3.05) is 19.6 Å². The van der Waals surface area contributed by atoms with E-state index in [1.807, 2.05) is 0 Å². The standard InChI is InChI=1S/C39H64N2O7/c1-25(2)10-9-11-26(3)31-15-16-32-30-14-13-28-22-29(17-19-38(28,5)33(30)18-20-39(31,32)6)48-37(47)34(12-7-8-21-40-27(4)42)41(23-35(43)44)24-36(45)46/h13,25-26,29-34H,7-12,14-24H2,1-6H3,(H,40,42)(H,43,44)(H,45,46)/t26-,29+,30?,31-,32?,33?,34+,38+,39-/m1/s1. The highest BCUT2D eigenvalue weighted by atomic mass is 16.5. The van der Waals surface area contributed by atoms with Gasteiger partial charge in [-0.15, -0.1) is 0 Å². The van der Waals surface area contributed by atoms with Gasteiger partial charge in [0.1, 0.15) is 12.1 Å². The molecule has 48 heavy (non-hydrogen) atoms. The maximum atomic E-state index is 13.7. The van der Waals surface area contributed by atoms with Crippen molar-refractivity contribution in [3.63, 3.8) is 0 Å². The highest BCUT2D eigenvalue weighted by Crippen LogP contribution is 2.67. The summed E-state index contributed by atoms with van der Waals surface area (Å²) in [7, 11) is 0. The fourth-order valence-electron chi connectivity index (χ4n) is 10.8. The van der Waals surface area contributed by atoms with Crippen LogP contribution >= 0.6 is 0 Å². The number of carbonyl (C=O) groups is 4.